The van der Waals surface area contributed by atoms with Gasteiger partial charge in [-0.25, -0.2) is 0 Å². The Morgan fingerprint density at radius 3 is 2.47 bits per heavy atom. The molecule has 0 unspecified atom stereocenters. The van der Waals surface area contributed by atoms with Crippen LogP contribution in [0.3, 0.4) is 0 Å². The highest BCUT2D eigenvalue weighted by Gasteiger charge is 2.07. The van der Waals surface area contributed by atoms with Crippen molar-refractivity contribution in [2.24, 2.45) is 5.73 Å². The Kier molecular flexibility index (Phi) is 3.57. The predicted octanol–water partition coefficient (Wildman–Crippen LogP) is 0.409. The summed E-state index contributed by atoms with van der Waals surface area (Å²) in [6, 6.07) is 4.85. The van der Waals surface area contributed by atoms with E-state index >= 15 is 0 Å². The highest BCUT2D eigenvalue weighted by atomic mass is 16.3. The van der Waals surface area contributed by atoms with Gasteiger partial charge < -0.3 is 10.8 Å². The highest BCUT2D eigenvalue weighted by molar-refractivity contribution is 5.94. The molecule has 0 aliphatic rings. The van der Waals surface area contributed by atoms with E-state index in [9.17, 15) is 9.59 Å². The number of carbonyl (C=O) groups excluding carboxylic acids is 2. The summed E-state index contributed by atoms with van der Waals surface area (Å²) in [5.41, 5.74) is 6.81. The summed E-state index contributed by atoms with van der Waals surface area (Å²) in [6.45, 7) is 1.24. The molecule has 0 spiro atoms. The van der Waals surface area contributed by atoms with Gasteiger partial charge in [0.25, 0.3) is 0 Å². The Morgan fingerprint density at radius 2 is 2.00 bits per heavy atom. The van der Waals surface area contributed by atoms with Crippen LogP contribution >= 0.6 is 0 Å². The molecule has 0 bridgehead atoms. The topological polar surface area (TPSA) is 80.4 Å². The van der Waals surface area contributed by atoms with Crippen LogP contribution in [0, 0.1) is 0 Å². The minimum absolute atomic E-state index is 0.0738. The molecule has 1 amide bonds. The van der Waals surface area contributed by atoms with Crippen molar-refractivity contribution in [2.45, 2.75) is 20.0 Å². The fourth-order valence-corrected chi connectivity index (χ4v) is 1.35. The smallest absolute Gasteiger partial charge is 0.221 e. The number of benzene rings is 1. The van der Waals surface area contributed by atoms with Gasteiger partial charge in [-0.1, -0.05) is 12.1 Å². The Morgan fingerprint density at radius 1 is 1.33 bits per heavy atom. The van der Waals surface area contributed by atoms with Crippen LogP contribution in [0.4, 0.5) is 0 Å². The van der Waals surface area contributed by atoms with Crippen LogP contribution < -0.4 is 5.73 Å². The Balaban J connectivity index is 3.08. The van der Waals surface area contributed by atoms with E-state index in [0.29, 0.717) is 16.7 Å². The number of amides is 1. The second kappa shape index (κ2) is 4.70. The van der Waals surface area contributed by atoms with Crippen LogP contribution in [0.1, 0.15) is 28.4 Å². The maximum Gasteiger partial charge on any atom is 0.221 e. The van der Waals surface area contributed by atoms with Crippen molar-refractivity contribution < 1.29 is 14.7 Å². The third-order valence-electron chi connectivity index (χ3n) is 2.15. The van der Waals surface area contributed by atoms with Crippen LogP contribution in [0.15, 0.2) is 18.2 Å². The second-order valence-corrected chi connectivity index (χ2v) is 3.34. The molecule has 0 atom stereocenters. The van der Waals surface area contributed by atoms with E-state index in [4.69, 9.17) is 10.8 Å². The molecule has 15 heavy (non-hydrogen) atoms. The summed E-state index contributed by atoms with van der Waals surface area (Å²) in [7, 11) is 0. The first-order valence-electron chi connectivity index (χ1n) is 4.56. The summed E-state index contributed by atoms with van der Waals surface area (Å²) in [5.74, 6) is -0.532. The average Bonchev–Trinajstić information content (AvgIpc) is 2.17. The Hall–Kier alpha value is -1.68. The number of hydrogen-bond acceptors (Lipinski definition) is 3. The molecule has 0 aliphatic carbocycles. The lowest BCUT2D eigenvalue weighted by molar-refractivity contribution is -0.117. The molecule has 80 valence electrons. The van der Waals surface area contributed by atoms with Gasteiger partial charge in [0.1, 0.15) is 0 Å². The van der Waals surface area contributed by atoms with Crippen molar-refractivity contribution in [3.05, 3.63) is 34.9 Å². The number of Topliss-reactive ketones (excluding diaryl/α,β-unsaturated/α-hetero) is 1. The molecule has 0 heterocycles. The quantitative estimate of drug-likeness (QED) is 0.702. The molecule has 0 saturated heterocycles. The molecule has 4 nitrogen and oxygen atoms in total. The standard InChI is InChI=1S/C11H13NO3/c1-7(14)8-2-3-9(5-11(12)15)10(4-8)6-13/h2-4,13H,5-6H2,1H3,(H2,12,15). The van der Waals surface area contributed by atoms with Crippen LogP contribution in [0.2, 0.25) is 0 Å². The molecule has 0 aromatic heterocycles. The molecule has 0 fully saturated rings. The van der Waals surface area contributed by atoms with Crippen LogP contribution in [-0.4, -0.2) is 16.8 Å². The number of rotatable bonds is 4. The zero-order valence-electron chi connectivity index (χ0n) is 8.49. The minimum atomic E-state index is -0.458. The number of primary amides is 1. The molecule has 1 rings (SSSR count). The molecule has 0 aliphatic heterocycles. The molecule has 4 heteroatoms. The molecule has 1 aromatic carbocycles. The van der Waals surface area contributed by atoms with E-state index in [1.165, 1.54) is 6.92 Å². The van der Waals surface area contributed by atoms with Crippen molar-refractivity contribution in [2.75, 3.05) is 0 Å². The maximum atomic E-state index is 11.1. The third-order valence-corrected chi connectivity index (χ3v) is 2.15. The lowest BCUT2D eigenvalue weighted by Gasteiger charge is -2.06. The first-order chi connectivity index (χ1) is 7.04. The monoisotopic (exact) mass is 207 g/mol. The van der Waals surface area contributed by atoms with Gasteiger partial charge in [0.05, 0.1) is 13.0 Å². The fourth-order valence-electron chi connectivity index (χ4n) is 1.35. The normalized spacial score (nSPS) is 10.0. The van der Waals surface area contributed by atoms with Gasteiger partial charge in [-0.15, -0.1) is 0 Å². The number of aliphatic hydroxyl groups is 1. The summed E-state index contributed by atoms with van der Waals surface area (Å²) in [5, 5.41) is 9.07. The van der Waals surface area contributed by atoms with Crippen LogP contribution in [0.25, 0.3) is 0 Å². The zero-order chi connectivity index (χ0) is 11.4. The van der Waals surface area contributed by atoms with Gasteiger partial charge in [0, 0.05) is 5.56 Å². The van der Waals surface area contributed by atoms with Crippen molar-refractivity contribution in [3.63, 3.8) is 0 Å². The van der Waals surface area contributed by atoms with Gasteiger partial charge >= 0.3 is 0 Å². The number of nitrogens with two attached hydrogens (primary N) is 1. The molecule has 1 aromatic rings. The van der Waals surface area contributed by atoms with Crippen LogP contribution in [0.5, 0.6) is 0 Å². The summed E-state index contributed by atoms with van der Waals surface area (Å²) >= 11 is 0. The van der Waals surface area contributed by atoms with E-state index < -0.39 is 5.91 Å². The number of aliphatic hydroxyl groups excluding tert-OH is 1. The number of hydrogen-bond donors (Lipinski definition) is 2. The Bertz CT molecular complexity index is 399. The minimum Gasteiger partial charge on any atom is -0.392 e. The maximum absolute atomic E-state index is 11.1. The SMILES string of the molecule is CC(=O)c1ccc(CC(N)=O)c(CO)c1. The van der Waals surface area contributed by atoms with Crippen LogP contribution in [-0.2, 0) is 17.8 Å². The van der Waals surface area contributed by atoms with E-state index in [1.54, 1.807) is 18.2 Å². The largest absolute Gasteiger partial charge is 0.392 e. The third kappa shape index (κ3) is 2.89. The molecule has 3 N–H and O–H groups in total. The average molecular weight is 207 g/mol. The van der Waals surface area contributed by atoms with Crippen molar-refractivity contribution in [3.8, 4) is 0 Å². The zero-order valence-corrected chi connectivity index (χ0v) is 8.49. The lowest BCUT2D eigenvalue weighted by atomic mass is 10.0. The van der Waals surface area contributed by atoms with E-state index in [0.717, 1.165) is 0 Å². The predicted molar refractivity (Wildman–Crippen MR) is 55.3 cm³/mol. The molecular formula is C11H13NO3. The van der Waals surface area contributed by atoms with Gasteiger partial charge in [0.2, 0.25) is 5.91 Å². The van der Waals surface area contributed by atoms with Gasteiger partial charge in [-0.05, 0) is 24.1 Å². The summed E-state index contributed by atoms with van der Waals surface area (Å²) < 4.78 is 0. The number of carbonyl (C=O) groups is 2. The Labute approximate surface area is 87.7 Å². The second-order valence-electron chi connectivity index (χ2n) is 3.34. The first-order valence-corrected chi connectivity index (χ1v) is 4.56. The molecule has 0 saturated carbocycles. The fraction of sp³-hybridized carbons (Fsp3) is 0.273. The summed E-state index contributed by atoms with van der Waals surface area (Å²) in [4.78, 5) is 21.8. The molecular weight excluding hydrogens is 194 g/mol. The summed E-state index contributed by atoms with van der Waals surface area (Å²) in [6.07, 6.45) is 0.0775. The van der Waals surface area contributed by atoms with E-state index in [2.05, 4.69) is 0 Å². The number of ketones is 1. The molecule has 0 radical (unpaired) electrons. The van der Waals surface area contributed by atoms with Gasteiger partial charge in [0.15, 0.2) is 5.78 Å². The lowest BCUT2D eigenvalue weighted by Crippen LogP contribution is -2.15. The van der Waals surface area contributed by atoms with Crippen molar-refractivity contribution in [1.29, 1.82) is 0 Å². The van der Waals surface area contributed by atoms with E-state index in [-0.39, 0.29) is 18.8 Å². The van der Waals surface area contributed by atoms with Crippen molar-refractivity contribution >= 4 is 11.7 Å². The van der Waals surface area contributed by atoms with Crippen molar-refractivity contribution in [1.82, 2.24) is 0 Å². The van der Waals surface area contributed by atoms with Gasteiger partial charge in [-0.2, -0.15) is 0 Å². The van der Waals surface area contributed by atoms with Gasteiger partial charge in [-0.3, -0.25) is 9.59 Å². The first kappa shape index (κ1) is 11.4. The highest BCUT2D eigenvalue weighted by Crippen LogP contribution is 2.13. The van der Waals surface area contributed by atoms with E-state index in [1.807, 2.05) is 0 Å².